The van der Waals surface area contributed by atoms with Gasteiger partial charge in [0.05, 0.1) is 12.1 Å². The van der Waals surface area contributed by atoms with E-state index in [1.165, 1.54) is 0 Å². The van der Waals surface area contributed by atoms with Crippen molar-refractivity contribution in [3.8, 4) is 0 Å². The van der Waals surface area contributed by atoms with Crippen molar-refractivity contribution in [1.29, 1.82) is 0 Å². The van der Waals surface area contributed by atoms with E-state index in [1.807, 2.05) is 0 Å². The van der Waals surface area contributed by atoms with Crippen LogP contribution in [0.3, 0.4) is 0 Å². The van der Waals surface area contributed by atoms with E-state index in [9.17, 15) is 4.79 Å². The predicted octanol–water partition coefficient (Wildman–Crippen LogP) is 0.281. The molecule has 0 aromatic carbocycles. The largest absolute Gasteiger partial charge is 0.368 e. The van der Waals surface area contributed by atoms with Gasteiger partial charge < -0.3 is 0 Å². The molecule has 1 rings (SSSR count). The van der Waals surface area contributed by atoms with Gasteiger partial charge in [0, 0.05) is 0 Å². The second-order valence-electron chi connectivity index (χ2n) is 2.96. The van der Waals surface area contributed by atoms with Crippen LogP contribution in [0.15, 0.2) is 0 Å². The number of nitrogens with zero attached hydrogens (tertiary/aromatic N) is 2. The molecule has 5 heteroatoms. The van der Waals surface area contributed by atoms with Gasteiger partial charge >= 0.3 is 6.03 Å². The van der Waals surface area contributed by atoms with Gasteiger partial charge in [0.1, 0.15) is 0 Å². The van der Waals surface area contributed by atoms with E-state index in [0.717, 1.165) is 0 Å². The van der Waals surface area contributed by atoms with Crippen molar-refractivity contribution in [2.24, 2.45) is 0 Å². The first-order valence-corrected chi connectivity index (χ1v) is 2.94. The molecular formula is C5H10N2O3. The Morgan fingerprint density at radius 2 is 2.00 bits per heavy atom. The summed E-state index contributed by atoms with van der Waals surface area (Å²) in [5, 5.41) is 18.8. The predicted molar refractivity (Wildman–Crippen MR) is 31.6 cm³/mol. The highest BCUT2D eigenvalue weighted by molar-refractivity contribution is 5.75. The fourth-order valence-corrected chi connectivity index (χ4v) is 0.869. The molecule has 10 heavy (non-hydrogen) atoms. The van der Waals surface area contributed by atoms with Crippen molar-refractivity contribution in [3.05, 3.63) is 0 Å². The Kier molecular flexibility index (Phi) is 1.34. The summed E-state index contributed by atoms with van der Waals surface area (Å²) in [5.41, 5.74) is -0.689. The van der Waals surface area contributed by atoms with Crippen molar-refractivity contribution in [2.45, 2.75) is 19.4 Å². The number of urea groups is 1. The summed E-state index contributed by atoms with van der Waals surface area (Å²) in [5.74, 6) is 0. The molecule has 0 unspecified atom stereocenters. The third-order valence-corrected chi connectivity index (χ3v) is 1.51. The maximum Gasteiger partial charge on any atom is 0.368 e. The van der Waals surface area contributed by atoms with Crippen LogP contribution in [0.2, 0.25) is 0 Å². The minimum atomic E-state index is -0.773. The van der Waals surface area contributed by atoms with Crippen LogP contribution in [0.25, 0.3) is 0 Å². The van der Waals surface area contributed by atoms with Gasteiger partial charge in [-0.05, 0) is 13.8 Å². The zero-order valence-electron chi connectivity index (χ0n) is 5.90. The SMILES string of the molecule is CC1(C)CN(O)C(=O)N1O. The van der Waals surface area contributed by atoms with E-state index in [0.29, 0.717) is 10.1 Å². The molecule has 58 valence electrons. The highest BCUT2D eigenvalue weighted by Gasteiger charge is 2.42. The Morgan fingerprint density at radius 1 is 1.50 bits per heavy atom. The lowest BCUT2D eigenvalue weighted by Gasteiger charge is -2.21. The van der Waals surface area contributed by atoms with Crippen molar-refractivity contribution in [1.82, 2.24) is 10.1 Å². The number of amides is 2. The zero-order valence-corrected chi connectivity index (χ0v) is 5.90. The Morgan fingerprint density at radius 3 is 2.10 bits per heavy atom. The third-order valence-electron chi connectivity index (χ3n) is 1.51. The lowest BCUT2D eigenvalue weighted by molar-refractivity contribution is -0.0929. The molecule has 0 aliphatic carbocycles. The van der Waals surface area contributed by atoms with Gasteiger partial charge in [-0.3, -0.25) is 10.4 Å². The Hall–Kier alpha value is -0.810. The van der Waals surface area contributed by atoms with Crippen LogP contribution in [0.4, 0.5) is 4.79 Å². The molecule has 1 fully saturated rings. The minimum Gasteiger partial charge on any atom is -0.284 e. The standard InChI is InChI=1S/C5H10N2O3/c1-5(2)3-6(9)4(8)7(5)10/h9-10H,3H2,1-2H3. The average Bonchev–Trinajstić information content (AvgIpc) is 1.95. The quantitative estimate of drug-likeness (QED) is 0.482. The van der Waals surface area contributed by atoms with E-state index < -0.39 is 11.6 Å². The molecule has 2 N–H and O–H groups in total. The molecule has 2 amide bonds. The first-order valence-electron chi connectivity index (χ1n) is 2.94. The average molecular weight is 146 g/mol. The van der Waals surface area contributed by atoms with Crippen molar-refractivity contribution in [3.63, 3.8) is 0 Å². The number of carbonyl (C=O) groups excluding carboxylic acids is 1. The highest BCUT2D eigenvalue weighted by Crippen LogP contribution is 2.21. The molecule has 5 nitrogen and oxygen atoms in total. The second kappa shape index (κ2) is 1.83. The third kappa shape index (κ3) is 0.833. The van der Waals surface area contributed by atoms with Crippen LogP contribution in [0.5, 0.6) is 0 Å². The molecule has 0 spiro atoms. The molecule has 1 heterocycles. The summed E-state index contributed by atoms with van der Waals surface area (Å²) in [4.78, 5) is 10.7. The molecule has 0 atom stereocenters. The van der Waals surface area contributed by atoms with Crippen molar-refractivity contribution >= 4 is 6.03 Å². The summed E-state index contributed by atoms with van der Waals surface area (Å²) in [6, 6.07) is -0.773. The maximum atomic E-state index is 10.7. The molecule has 1 aliphatic rings. The Balaban J connectivity index is 2.81. The van der Waals surface area contributed by atoms with Crippen LogP contribution in [-0.2, 0) is 0 Å². The van der Waals surface area contributed by atoms with Crippen molar-refractivity contribution in [2.75, 3.05) is 6.54 Å². The van der Waals surface area contributed by atoms with Gasteiger partial charge in [0.15, 0.2) is 0 Å². The van der Waals surface area contributed by atoms with Crippen LogP contribution in [0, 0.1) is 0 Å². The molecule has 0 aromatic heterocycles. The molecular weight excluding hydrogens is 136 g/mol. The lowest BCUT2D eigenvalue weighted by Crippen LogP contribution is -2.39. The summed E-state index contributed by atoms with van der Waals surface area (Å²) < 4.78 is 0. The summed E-state index contributed by atoms with van der Waals surface area (Å²) in [6.45, 7) is 3.44. The summed E-state index contributed by atoms with van der Waals surface area (Å²) in [7, 11) is 0. The van der Waals surface area contributed by atoms with E-state index in [2.05, 4.69) is 0 Å². The number of rotatable bonds is 0. The second-order valence-corrected chi connectivity index (χ2v) is 2.96. The van der Waals surface area contributed by atoms with E-state index in [4.69, 9.17) is 10.4 Å². The maximum absolute atomic E-state index is 10.7. The topological polar surface area (TPSA) is 64.0 Å². The van der Waals surface area contributed by atoms with Gasteiger partial charge in [-0.1, -0.05) is 0 Å². The minimum absolute atomic E-state index is 0.127. The zero-order chi connectivity index (χ0) is 7.94. The highest BCUT2D eigenvalue weighted by atomic mass is 16.6. The fraction of sp³-hybridized carbons (Fsp3) is 0.800. The summed E-state index contributed by atoms with van der Waals surface area (Å²) >= 11 is 0. The van der Waals surface area contributed by atoms with Gasteiger partial charge in [-0.15, -0.1) is 0 Å². The molecule has 0 saturated carbocycles. The molecule has 0 aromatic rings. The number of hydrogen-bond donors (Lipinski definition) is 2. The fourth-order valence-electron chi connectivity index (χ4n) is 0.869. The smallest absolute Gasteiger partial charge is 0.284 e. The normalized spacial score (nSPS) is 24.2. The first-order chi connectivity index (χ1) is 4.45. The van der Waals surface area contributed by atoms with Gasteiger partial charge in [-0.2, -0.15) is 5.06 Å². The number of hydroxylamine groups is 4. The van der Waals surface area contributed by atoms with E-state index in [1.54, 1.807) is 13.8 Å². The van der Waals surface area contributed by atoms with Gasteiger partial charge in [0.2, 0.25) is 0 Å². The van der Waals surface area contributed by atoms with Crippen LogP contribution >= 0.6 is 0 Å². The van der Waals surface area contributed by atoms with Gasteiger partial charge in [0.25, 0.3) is 0 Å². The van der Waals surface area contributed by atoms with Crippen LogP contribution in [0.1, 0.15) is 13.8 Å². The van der Waals surface area contributed by atoms with E-state index >= 15 is 0 Å². The lowest BCUT2D eigenvalue weighted by atomic mass is 10.1. The van der Waals surface area contributed by atoms with Crippen LogP contribution in [-0.4, -0.2) is 38.7 Å². The first kappa shape index (κ1) is 7.30. The number of hydrogen-bond acceptors (Lipinski definition) is 3. The monoisotopic (exact) mass is 146 g/mol. The van der Waals surface area contributed by atoms with Gasteiger partial charge in [-0.25, -0.2) is 9.86 Å². The summed E-state index contributed by atoms with van der Waals surface area (Å²) in [6.07, 6.45) is 0. The molecule has 0 radical (unpaired) electrons. The Labute approximate surface area is 58.4 Å². The van der Waals surface area contributed by atoms with Crippen molar-refractivity contribution < 1.29 is 15.2 Å². The van der Waals surface area contributed by atoms with Crippen LogP contribution < -0.4 is 0 Å². The Bertz CT molecular complexity index is 168. The molecule has 1 aliphatic heterocycles. The number of carbonyl (C=O) groups is 1. The molecule has 1 saturated heterocycles. The molecule has 0 bridgehead atoms. The van der Waals surface area contributed by atoms with E-state index in [-0.39, 0.29) is 6.54 Å².